The Morgan fingerprint density at radius 3 is 1.89 bits per heavy atom. The highest BCUT2D eigenvalue weighted by Crippen LogP contribution is 2.19. The SMILES string of the molecule is NC(=O)NS(=O)(=O)c1ccccc1S(=O)(=O)NO. The lowest BCUT2D eigenvalue weighted by molar-refractivity contribution is 0.242. The maximum absolute atomic E-state index is 11.6. The van der Waals surface area contributed by atoms with Gasteiger partial charge in [-0.2, -0.15) is 0 Å². The highest BCUT2D eigenvalue weighted by molar-refractivity contribution is 7.92. The van der Waals surface area contributed by atoms with Crippen LogP contribution in [0.15, 0.2) is 34.1 Å². The Hall–Kier alpha value is -1.69. The Labute approximate surface area is 103 Å². The number of carbonyl (C=O) groups is 1. The molecule has 0 spiro atoms. The lowest BCUT2D eigenvalue weighted by Gasteiger charge is -2.09. The molecule has 0 saturated carbocycles. The van der Waals surface area contributed by atoms with Crippen molar-refractivity contribution in [1.29, 1.82) is 0 Å². The van der Waals surface area contributed by atoms with Crippen molar-refractivity contribution in [3.05, 3.63) is 24.3 Å². The number of nitrogens with two attached hydrogens (primary N) is 1. The summed E-state index contributed by atoms with van der Waals surface area (Å²) in [6.07, 6.45) is 0. The standard InChI is InChI=1S/C7H9N3O6S2/c8-7(11)9-17(13,14)5-3-1-2-4-6(5)18(15,16)10-12/h1-4,10,12H,(H3,8,9,11). The van der Waals surface area contributed by atoms with Gasteiger partial charge in [0.15, 0.2) is 0 Å². The molecule has 5 N–H and O–H groups in total. The van der Waals surface area contributed by atoms with E-state index in [2.05, 4.69) is 5.73 Å². The molecule has 0 aromatic heterocycles. The third kappa shape index (κ3) is 2.95. The second-order valence-corrected chi connectivity index (χ2v) is 6.29. The molecular weight excluding hydrogens is 286 g/mol. The van der Waals surface area contributed by atoms with Crippen molar-refractivity contribution >= 4 is 26.1 Å². The van der Waals surface area contributed by atoms with Gasteiger partial charge >= 0.3 is 6.03 Å². The molecule has 0 unspecified atom stereocenters. The molecule has 11 heteroatoms. The first kappa shape index (κ1) is 14.4. The van der Waals surface area contributed by atoms with E-state index in [9.17, 15) is 21.6 Å². The molecule has 2 amide bonds. The Bertz CT molecular complexity index is 666. The molecule has 0 aliphatic rings. The minimum Gasteiger partial charge on any atom is -0.351 e. The van der Waals surface area contributed by atoms with Gasteiger partial charge in [0, 0.05) is 0 Å². The Kier molecular flexibility index (Phi) is 3.91. The molecule has 1 rings (SSSR count). The van der Waals surface area contributed by atoms with Crippen LogP contribution < -0.4 is 15.3 Å². The number of urea groups is 1. The van der Waals surface area contributed by atoms with Crippen molar-refractivity contribution in [1.82, 2.24) is 9.61 Å². The topological polar surface area (TPSA) is 156 Å². The van der Waals surface area contributed by atoms with Crippen LogP contribution in [0, 0.1) is 0 Å². The van der Waals surface area contributed by atoms with Crippen LogP contribution in [0.2, 0.25) is 0 Å². The van der Waals surface area contributed by atoms with Crippen LogP contribution in [0.1, 0.15) is 0 Å². The van der Waals surface area contributed by atoms with Gasteiger partial charge in [-0.15, -0.1) is 0 Å². The molecule has 9 nitrogen and oxygen atoms in total. The van der Waals surface area contributed by atoms with E-state index in [1.54, 1.807) is 0 Å². The summed E-state index contributed by atoms with van der Waals surface area (Å²) in [6, 6.07) is 3.00. The molecule has 0 radical (unpaired) electrons. The first-order chi connectivity index (χ1) is 8.20. The van der Waals surface area contributed by atoms with Crippen LogP contribution in [0.4, 0.5) is 4.79 Å². The molecule has 1 aromatic carbocycles. The average Bonchev–Trinajstić information content (AvgIpc) is 2.27. The molecule has 0 saturated heterocycles. The number of hydrogen-bond acceptors (Lipinski definition) is 6. The number of carbonyl (C=O) groups excluding carboxylic acids is 1. The molecule has 0 heterocycles. The summed E-state index contributed by atoms with van der Waals surface area (Å²) in [5.41, 5.74) is 4.66. The number of sulfonamides is 2. The first-order valence-corrected chi connectivity index (χ1v) is 7.24. The molecule has 1 aromatic rings. The van der Waals surface area contributed by atoms with Crippen LogP contribution >= 0.6 is 0 Å². The molecule has 100 valence electrons. The van der Waals surface area contributed by atoms with Crippen LogP contribution in [-0.2, 0) is 20.0 Å². The number of benzene rings is 1. The van der Waals surface area contributed by atoms with Gasteiger partial charge in [0.25, 0.3) is 20.0 Å². The number of hydrogen-bond donors (Lipinski definition) is 4. The molecule has 18 heavy (non-hydrogen) atoms. The van der Waals surface area contributed by atoms with E-state index in [0.717, 1.165) is 17.0 Å². The Morgan fingerprint density at radius 2 is 1.50 bits per heavy atom. The maximum atomic E-state index is 11.6. The molecule has 0 aliphatic carbocycles. The lowest BCUT2D eigenvalue weighted by atomic mass is 10.4. The molecule has 0 fully saturated rings. The Morgan fingerprint density at radius 1 is 1.06 bits per heavy atom. The smallest absolute Gasteiger partial charge is 0.326 e. The summed E-state index contributed by atoms with van der Waals surface area (Å²) in [6.45, 7) is 0. The number of primary amides is 1. The van der Waals surface area contributed by atoms with Crippen molar-refractivity contribution < 1.29 is 26.8 Å². The van der Waals surface area contributed by atoms with Gasteiger partial charge in [-0.3, -0.25) is 0 Å². The van der Waals surface area contributed by atoms with Gasteiger partial charge in [0.1, 0.15) is 9.79 Å². The summed E-state index contributed by atoms with van der Waals surface area (Å²) < 4.78 is 47.5. The van der Waals surface area contributed by atoms with E-state index >= 15 is 0 Å². The highest BCUT2D eigenvalue weighted by atomic mass is 32.2. The first-order valence-electron chi connectivity index (χ1n) is 4.28. The quantitative estimate of drug-likeness (QED) is 0.506. The van der Waals surface area contributed by atoms with Gasteiger partial charge in [-0.05, 0) is 12.1 Å². The van der Waals surface area contributed by atoms with Crippen molar-refractivity contribution in [3.8, 4) is 0 Å². The fraction of sp³-hybridized carbons (Fsp3) is 0. The van der Waals surface area contributed by atoms with E-state index in [-0.39, 0.29) is 0 Å². The second-order valence-electron chi connectivity index (χ2n) is 3.01. The highest BCUT2D eigenvalue weighted by Gasteiger charge is 2.26. The molecular formula is C7H9N3O6S2. The summed E-state index contributed by atoms with van der Waals surface area (Å²) in [4.78, 5) is 10.1. The number of rotatable bonds is 4. The Balaban J connectivity index is 3.49. The minimum atomic E-state index is -4.44. The summed E-state index contributed by atoms with van der Waals surface area (Å²) in [5.74, 6) is 0. The van der Waals surface area contributed by atoms with E-state index in [0.29, 0.717) is 0 Å². The van der Waals surface area contributed by atoms with Crippen LogP contribution in [0.5, 0.6) is 0 Å². The zero-order valence-electron chi connectivity index (χ0n) is 8.69. The van der Waals surface area contributed by atoms with Gasteiger partial charge in [-0.25, -0.2) is 26.4 Å². The monoisotopic (exact) mass is 295 g/mol. The van der Waals surface area contributed by atoms with Gasteiger partial charge < -0.3 is 10.9 Å². The zero-order valence-corrected chi connectivity index (χ0v) is 10.3. The predicted molar refractivity (Wildman–Crippen MR) is 58.5 cm³/mol. The van der Waals surface area contributed by atoms with Crippen LogP contribution in [-0.4, -0.2) is 28.1 Å². The average molecular weight is 295 g/mol. The van der Waals surface area contributed by atoms with Crippen LogP contribution in [0.3, 0.4) is 0 Å². The summed E-state index contributed by atoms with van der Waals surface area (Å²) in [7, 11) is -8.85. The third-order valence-corrected chi connectivity index (χ3v) is 4.49. The third-order valence-electron chi connectivity index (χ3n) is 1.78. The minimum absolute atomic E-state index is 0.717. The normalized spacial score (nSPS) is 12.1. The molecule has 0 aliphatic heterocycles. The van der Waals surface area contributed by atoms with Crippen molar-refractivity contribution in [2.45, 2.75) is 9.79 Å². The number of nitrogens with one attached hydrogen (secondary N) is 2. The fourth-order valence-electron chi connectivity index (χ4n) is 1.13. The van der Waals surface area contributed by atoms with Gasteiger partial charge in [0.2, 0.25) is 0 Å². The van der Waals surface area contributed by atoms with E-state index in [4.69, 9.17) is 5.21 Å². The van der Waals surface area contributed by atoms with E-state index < -0.39 is 35.9 Å². The summed E-state index contributed by atoms with van der Waals surface area (Å²) >= 11 is 0. The predicted octanol–water partition coefficient (Wildman–Crippen LogP) is -1.29. The van der Waals surface area contributed by atoms with Gasteiger partial charge in [-0.1, -0.05) is 17.0 Å². The largest absolute Gasteiger partial charge is 0.351 e. The zero-order chi connectivity index (χ0) is 14.0. The van der Waals surface area contributed by atoms with Crippen molar-refractivity contribution in [2.75, 3.05) is 0 Å². The molecule has 0 bridgehead atoms. The van der Waals surface area contributed by atoms with Crippen molar-refractivity contribution in [2.24, 2.45) is 5.73 Å². The lowest BCUT2D eigenvalue weighted by Crippen LogP contribution is -2.36. The van der Waals surface area contributed by atoms with Gasteiger partial charge in [0.05, 0.1) is 0 Å². The maximum Gasteiger partial charge on any atom is 0.326 e. The van der Waals surface area contributed by atoms with E-state index in [1.165, 1.54) is 16.9 Å². The van der Waals surface area contributed by atoms with Crippen LogP contribution in [0.25, 0.3) is 0 Å². The second kappa shape index (κ2) is 4.89. The fourth-order valence-corrected chi connectivity index (χ4v) is 3.44. The van der Waals surface area contributed by atoms with Crippen molar-refractivity contribution in [3.63, 3.8) is 0 Å². The molecule has 0 atom stereocenters. The van der Waals surface area contributed by atoms with E-state index in [1.807, 2.05) is 0 Å². The number of amides is 2. The summed E-state index contributed by atoms with van der Waals surface area (Å²) in [5, 5.41) is 8.47.